The number of primary amides is 1. The fraction of sp³-hybridized carbons (Fsp3) is 0.417. The van der Waals surface area contributed by atoms with Crippen molar-refractivity contribution >= 4 is 11.7 Å². The van der Waals surface area contributed by atoms with E-state index in [2.05, 4.69) is 24.4 Å². The van der Waals surface area contributed by atoms with Crippen LogP contribution in [0.15, 0.2) is 12.1 Å². The van der Waals surface area contributed by atoms with Gasteiger partial charge in [-0.15, -0.1) is 0 Å². The molecule has 0 aliphatic carbocycles. The molecule has 0 saturated heterocycles. The van der Waals surface area contributed by atoms with Crippen molar-refractivity contribution in [1.29, 1.82) is 0 Å². The summed E-state index contributed by atoms with van der Waals surface area (Å²) in [4.78, 5) is 10.8. The molecule has 0 fully saturated rings. The first-order valence-electron chi connectivity index (χ1n) is 5.21. The minimum atomic E-state index is -0.510. The monoisotopic (exact) mass is 206 g/mol. The van der Waals surface area contributed by atoms with Gasteiger partial charge < -0.3 is 11.1 Å². The second kappa shape index (κ2) is 4.82. The molecular weight excluding hydrogens is 188 g/mol. The van der Waals surface area contributed by atoms with Crippen molar-refractivity contribution in [3.05, 3.63) is 28.8 Å². The molecule has 1 aromatic carbocycles. The van der Waals surface area contributed by atoms with Crippen molar-refractivity contribution in [2.24, 2.45) is 5.73 Å². The summed E-state index contributed by atoms with van der Waals surface area (Å²) in [5, 5.41) is 2.65. The van der Waals surface area contributed by atoms with Gasteiger partial charge in [0.25, 0.3) is 0 Å². The minimum Gasteiger partial charge on any atom is -0.351 e. The Kier molecular flexibility index (Phi) is 3.72. The Balaban J connectivity index is 3.03. The van der Waals surface area contributed by atoms with E-state index in [4.69, 9.17) is 5.73 Å². The number of carbonyl (C=O) groups excluding carboxylic acids is 1. The van der Waals surface area contributed by atoms with E-state index in [1.54, 1.807) is 0 Å². The minimum absolute atomic E-state index is 0.510. The molecule has 2 amide bonds. The highest BCUT2D eigenvalue weighted by molar-refractivity contribution is 5.89. The maximum absolute atomic E-state index is 10.8. The molecule has 0 bridgehead atoms. The third kappa shape index (κ3) is 2.98. The Hall–Kier alpha value is -1.51. The summed E-state index contributed by atoms with van der Waals surface area (Å²) in [6, 6.07) is 3.69. The highest BCUT2D eigenvalue weighted by Gasteiger charge is 2.06. The standard InChI is InChI=1S/C12H18N2O/c1-4-5-10-6-8(2)11(9(3)7-10)14-12(13)15/h6-7H,4-5H2,1-3H3,(H3,13,14,15). The van der Waals surface area contributed by atoms with E-state index >= 15 is 0 Å². The van der Waals surface area contributed by atoms with Gasteiger partial charge in [0, 0.05) is 5.69 Å². The molecule has 82 valence electrons. The second-order valence-electron chi connectivity index (χ2n) is 3.84. The molecule has 0 radical (unpaired) electrons. The molecule has 0 heterocycles. The van der Waals surface area contributed by atoms with Crippen LogP contribution in [0.25, 0.3) is 0 Å². The molecule has 1 aromatic rings. The lowest BCUT2D eigenvalue weighted by atomic mass is 10.0. The van der Waals surface area contributed by atoms with Gasteiger partial charge in [-0.3, -0.25) is 0 Å². The largest absolute Gasteiger partial charge is 0.351 e. The Morgan fingerprint density at radius 2 is 1.87 bits per heavy atom. The van der Waals surface area contributed by atoms with E-state index in [9.17, 15) is 4.79 Å². The average Bonchev–Trinajstić information content (AvgIpc) is 2.11. The SMILES string of the molecule is CCCc1cc(C)c(NC(N)=O)c(C)c1. The molecule has 0 spiro atoms. The lowest BCUT2D eigenvalue weighted by molar-refractivity contribution is 0.259. The quantitative estimate of drug-likeness (QED) is 0.785. The zero-order valence-electron chi connectivity index (χ0n) is 9.55. The number of aryl methyl sites for hydroxylation is 3. The molecule has 0 atom stereocenters. The number of urea groups is 1. The van der Waals surface area contributed by atoms with Gasteiger partial charge >= 0.3 is 6.03 Å². The summed E-state index contributed by atoms with van der Waals surface area (Å²) in [5.41, 5.74) is 9.39. The molecule has 0 aliphatic rings. The Labute approximate surface area is 90.7 Å². The van der Waals surface area contributed by atoms with Gasteiger partial charge in [-0.25, -0.2) is 4.79 Å². The fourth-order valence-corrected chi connectivity index (χ4v) is 1.81. The van der Waals surface area contributed by atoms with Crippen molar-refractivity contribution in [3.8, 4) is 0 Å². The van der Waals surface area contributed by atoms with Gasteiger partial charge in [0.15, 0.2) is 0 Å². The van der Waals surface area contributed by atoms with Crippen LogP contribution in [0.5, 0.6) is 0 Å². The van der Waals surface area contributed by atoms with Gasteiger partial charge in [0.05, 0.1) is 0 Å². The molecular formula is C12H18N2O. The number of nitrogens with two attached hydrogens (primary N) is 1. The summed E-state index contributed by atoms with van der Waals surface area (Å²) in [6.07, 6.45) is 2.19. The van der Waals surface area contributed by atoms with Gasteiger partial charge in [0.1, 0.15) is 0 Å². The second-order valence-corrected chi connectivity index (χ2v) is 3.84. The third-order valence-corrected chi connectivity index (χ3v) is 2.38. The highest BCUT2D eigenvalue weighted by atomic mass is 16.2. The van der Waals surface area contributed by atoms with E-state index in [1.165, 1.54) is 5.56 Å². The number of benzene rings is 1. The number of anilines is 1. The summed E-state index contributed by atoms with van der Waals surface area (Å²) >= 11 is 0. The number of nitrogens with one attached hydrogen (secondary N) is 1. The molecule has 1 rings (SSSR count). The van der Waals surface area contributed by atoms with Crippen LogP contribution in [0.4, 0.5) is 10.5 Å². The van der Waals surface area contributed by atoms with E-state index in [1.807, 2.05) is 13.8 Å². The van der Waals surface area contributed by atoms with Crippen LogP contribution in [-0.4, -0.2) is 6.03 Å². The summed E-state index contributed by atoms with van der Waals surface area (Å²) < 4.78 is 0. The van der Waals surface area contributed by atoms with Crippen LogP contribution >= 0.6 is 0 Å². The number of hydrogen-bond donors (Lipinski definition) is 2. The maximum atomic E-state index is 10.8. The lowest BCUT2D eigenvalue weighted by Crippen LogP contribution is -2.20. The van der Waals surface area contributed by atoms with Gasteiger partial charge in [0.2, 0.25) is 0 Å². The van der Waals surface area contributed by atoms with Crippen molar-refractivity contribution in [3.63, 3.8) is 0 Å². The Morgan fingerprint density at radius 3 is 2.27 bits per heavy atom. The van der Waals surface area contributed by atoms with Crippen LogP contribution in [0.2, 0.25) is 0 Å². The zero-order valence-corrected chi connectivity index (χ0v) is 9.55. The average molecular weight is 206 g/mol. The van der Waals surface area contributed by atoms with Crippen LogP contribution in [0.3, 0.4) is 0 Å². The van der Waals surface area contributed by atoms with Crippen molar-refractivity contribution < 1.29 is 4.79 Å². The van der Waals surface area contributed by atoms with Crippen LogP contribution in [-0.2, 0) is 6.42 Å². The number of carbonyl (C=O) groups is 1. The molecule has 3 nitrogen and oxygen atoms in total. The van der Waals surface area contributed by atoms with E-state index < -0.39 is 6.03 Å². The van der Waals surface area contributed by atoms with E-state index in [-0.39, 0.29) is 0 Å². The fourth-order valence-electron chi connectivity index (χ4n) is 1.81. The summed E-state index contributed by atoms with van der Waals surface area (Å²) in [7, 11) is 0. The van der Waals surface area contributed by atoms with Gasteiger partial charge in [-0.05, 0) is 37.0 Å². The van der Waals surface area contributed by atoms with Crippen molar-refractivity contribution in [2.75, 3.05) is 5.32 Å². The van der Waals surface area contributed by atoms with E-state index in [0.717, 1.165) is 29.7 Å². The van der Waals surface area contributed by atoms with Crippen LogP contribution < -0.4 is 11.1 Å². The van der Waals surface area contributed by atoms with Crippen molar-refractivity contribution in [1.82, 2.24) is 0 Å². The number of hydrogen-bond acceptors (Lipinski definition) is 1. The Morgan fingerprint density at radius 1 is 1.33 bits per heavy atom. The number of rotatable bonds is 3. The molecule has 15 heavy (non-hydrogen) atoms. The predicted octanol–water partition coefficient (Wildman–Crippen LogP) is 2.75. The first kappa shape index (κ1) is 11.6. The smallest absolute Gasteiger partial charge is 0.316 e. The van der Waals surface area contributed by atoms with Gasteiger partial charge in [-0.1, -0.05) is 25.5 Å². The van der Waals surface area contributed by atoms with Crippen LogP contribution in [0, 0.1) is 13.8 Å². The Bertz CT molecular complexity index is 349. The molecule has 3 N–H and O–H groups in total. The molecule has 0 saturated carbocycles. The maximum Gasteiger partial charge on any atom is 0.316 e. The van der Waals surface area contributed by atoms with E-state index in [0.29, 0.717) is 0 Å². The lowest BCUT2D eigenvalue weighted by Gasteiger charge is -2.12. The molecule has 0 aliphatic heterocycles. The molecule has 0 aromatic heterocycles. The van der Waals surface area contributed by atoms with Gasteiger partial charge in [-0.2, -0.15) is 0 Å². The molecule has 3 heteroatoms. The number of amides is 2. The van der Waals surface area contributed by atoms with Crippen molar-refractivity contribution in [2.45, 2.75) is 33.6 Å². The zero-order chi connectivity index (χ0) is 11.4. The predicted molar refractivity (Wildman–Crippen MR) is 63.1 cm³/mol. The summed E-state index contributed by atoms with van der Waals surface area (Å²) in [6.45, 7) is 6.12. The topological polar surface area (TPSA) is 55.1 Å². The van der Waals surface area contributed by atoms with Crippen LogP contribution in [0.1, 0.15) is 30.0 Å². The first-order chi connectivity index (χ1) is 7.04. The first-order valence-corrected chi connectivity index (χ1v) is 5.21. The molecule has 0 unspecified atom stereocenters. The highest BCUT2D eigenvalue weighted by Crippen LogP contribution is 2.22. The normalized spacial score (nSPS) is 10.1. The summed E-state index contributed by atoms with van der Waals surface area (Å²) in [5.74, 6) is 0. The third-order valence-electron chi connectivity index (χ3n) is 2.38.